The van der Waals surface area contributed by atoms with Crippen LogP contribution in [0.15, 0.2) is 24.4 Å². The van der Waals surface area contributed by atoms with Gasteiger partial charge >= 0.3 is 0 Å². The van der Waals surface area contributed by atoms with Crippen molar-refractivity contribution < 1.29 is 9.59 Å². The van der Waals surface area contributed by atoms with Gasteiger partial charge in [-0.1, -0.05) is 18.9 Å². The zero-order valence-corrected chi connectivity index (χ0v) is 18.6. The summed E-state index contributed by atoms with van der Waals surface area (Å²) >= 11 is 0. The Balaban J connectivity index is 1.34. The largest absolute Gasteiger partial charge is 0.355 e. The van der Waals surface area contributed by atoms with Crippen molar-refractivity contribution in [1.82, 2.24) is 15.2 Å². The quantitative estimate of drug-likeness (QED) is 0.761. The van der Waals surface area contributed by atoms with E-state index in [-0.39, 0.29) is 11.8 Å². The Bertz CT molecular complexity index is 790. The maximum Gasteiger partial charge on any atom is 0.228 e. The van der Waals surface area contributed by atoms with E-state index in [2.05, 4.69) is 20.1 Å². The Labute approximate surface area is 185 Å². The van der Waals surface area contributed by atoms with E-state index in [9.17, 15) is 9.59 Å². The highest BCUT2D eigenvalue weighted by Gasteiger charge is 2.53. The third kappa shape index (κ3) is 4.44. The van der Waals surface area contributed by atoms with Gasteiger partial charge in [-0.25, -0.2) is 4.98 Å². The maximum atomic E-state index is 13.6. The van der Waals surface area contributed by atoms with Gasteiger partial charge in [-0.15, -0.1) is 0 Å². The summed E-state index contributed by atoms with van der Waals surface area (Å²) in [5.74, 6) is 2.83. The van der Waals surface area contributed by atoms with Crippen LogP contribution < -0.4 is 10.2 Å². The van der Waals surface area contributed by atoms with Crippen molar-refractivity contribution in [3.8, 4) is 0 Å². The fourth-order valence-corrected chi connectivity index (χ4v) is 6.07. The summed E-state index contributed by atoms with van der Waals surface area (Å²) in [5, 5.41) is 3.29. The summed E-state index contributed by atoms with van der Waals surface area (Å²) in [6.45, 7) is 3.80. The summed E-state index contributed by atoms with van der Waals surface area (Å²) < 4.78 is 0. The van der Waals surface area contributed by atoms with Crippen LogP contribution in [0, 0.1) is 23.2 Å². The van der Waals surface area contributed by atoms with E-state index in [0.717, 1.165) is 38.3 Å². The lowest BCUT2D eigenvalue weighted by molar-refractivity contribution is -0.135. The molecule has 2 saturated heterocycles. The van der Waals surface area contributed by atoms with Crippen molar-refractivity contribution >= 4 is 17.6 Å². The van der Waals surface area contributed by atoms with E-state index in [0.29, 0.717) is 37.3 Å². The zero-order valence-electron chi connectivity index (χ0n) is 18.6. The van der Waals surface area contributed by atoms with Gasteiger partial charge in [-0.3, -0.25) is 9.59 Å². The average Bonchev–Trinajstić information content (AvgIpc) is 3.41. The molecule has 1 aromatic heterocycles. The average molecular weight is 425 g/mol. The number of hydrogen-bond acceptors (Lipinski definition) is 4. The molecule has 0 unspecified atom stereocenters. The minimum atomic E-state index is -0.422. The topological polar surface area (TPSA) is 65.5 Å². The first kappa shape index (κ1) is 20.8. The van der Waals surface area contributed by atoms with Gasteiger partial charge < -0.3 is 15.1 Å². The standard InChI is InChI=1S/C25H36N4O2/c30-23(14-19-6-1-2-7-19)28-13-5-11-25(24(31)27-15-20-9-10-20)18-29(17-21(25)16-28)22-8-3-4-12-26-22/h3-4,8,12,19-21H,1-2,5-7,9-11,13-18H2,(H,27,31)/t21-,25-/m1/s1. The number of rotatable bonds is 6. The Morgan fingerprint density at radius 1 is 1.06 bits per heavy atom. The molecule has 6 heteroatoms. The normalized spacial score (nSPS) is 29.0. The molecule has 1 N–H and O–H groups in total. The van der Waals surface area contributed by atoms with E-state index < -0.39 is 5.41 Å². The molecule has 4 aliphatic rings. The lowest BCUT2D eigenvalue weighted by atomic mass is 9.74. The molecular formula is C25H36N4O2. The summed E-state index contributed by atoms with van der Waals surface area (Å²) in [5.41, 5.74) is -0.422. The number of pyridine rings is 1. The van der Waals surface area contributed by atoms with Crippen LogP contribution in [-0.2, 0) is 9.59 Å². The molecule has 2 amide bonds. The Hall–Kier alpha value is -2.11. The molecule has 1 aromatic rings. The van der Waals surface area contributed by atoms with E-state index >= 15 is 0 Å². The van der Waals surface area contributed by atoms with Gasteiger partial charge in [0.25, 0.3) is 0 Å². The van der Waals surface area contributed by atoms with Crippen LogP contribution in [-0.4, -0.2) is 54.4 Å². The Morgan fingerprint density at radius 2 is 1.90 bits per heavy atom. The monoisotopic (exact) mass is 424 g/mol. The number of nitrogens with one attached hydrogen (secondary N) is 1. The molecule has 0 radical (unpaired) electrons. The molecule has 2 aliphatic carbocycles. The first-order valence-electron chi connectivity index (χ1n) is 12.4. The van der Waals surface area contributed by atoms with Gasteiger partial charge in [-0.05, 0) is 62.5 Å². The molecule has 4 fully saturated rings. The first-order chi connectivity index (χ1) is 15.1. The first-order valence-corrected chi connectivity index (χ1v) is 12.4. The van der Waals surface area contributed by atoms with E-state index in [1.807, 2.05) is 24.4 Å². The molecule has 2 saturated carbocycles. The summed E-state index contributed by atoms with van der Waals surface area (Å²) in [7, 11) is 0. The molecule has 2 atom stereocenters. The number of carbonyl (C=O) groups is 2. The molecule has 0 bridgehead atoms. The fourth-order valence-electron chi connectivity index (χ4n) is 6.07. The highest BCUT2D eigenvalue weighted by Crippen LogP contribution is 2.44. The summed E-state index contributed by atoms with van der Waals surface area (Å²) in [6.07, 6.45) is 11.7. The molecule has 0 spiro atoms. The van der Waals surface area contributed by atoms with Crippen LogP contribution in [0.2, 0.25) is 0 Å². The number of likely N-dealkylation sites (tertiary alicyclic amines) is 1. The molecule has 31 heavy (non-hydrogen) atoms. The number of amides is 2. The number of anilines is 1. The molecule has 2 aliphatic heterocycles. The number of nitrogens with zero attached hydrogens (tertiary/aromatic N) is 3. The Kier molecular flexibility index (Phi) is 5.89. The second-order valence-electron chi connectivity index (χ2n) is 10.4. The summed E-state index contributed by atoms with van der Waals surface area (Å²) in [6, 6.07) is 5.97. The number of fused-ring (bicyclic) bond motifs is 1. The molecule has 6 nitrogen and oxygen atoms in total. The minimum Gasteiger partial charge on any atom is -0.355 e. The molecule has 0 aromatic carbocycles. The Morgan fingerprint density at radius 3 is 2.65 bits per heavy atom. The second-order valence-corrected chi connectivity index (χ2v) is 10.4. The smallest absolute Gasteiger partial charge is 0.228 e. The van der Waals surface area contributed by atoms with Crippen LogP contribution >= 0.6 is 0 Å². The van der Waals surface area contributed by atoms with E-state index in [1.165, 1.54) is 38.5 Å². The van der Waals surface area contributed by atoms with Crippen molar-refractivity contribution in [1.29, 1.82) is 0 Å². The van der Waals surface area contributed by atoms with Gasteiger partial charge in [0.2, 0.25) is 11.8 Å². The fraction of sp³-hybridized carbons (Fsp3) is 0.720. The predicted molar refractivity (Wildman–Crippen MR) is 120 cm³/mol. The molecule has 3 heterocycles. The van der Waals surface area contributed by atoms with Gasteiger partial charge in [0.05, 0.1) is 5.41 Å². The van der Waals surface area contributed by atoms with Gasteiger partial charge in [0.1, 0.15) is 5.82 Å². The van der Waals surface area contributed by atoms with Crippen molar-refractivity contribution in [3.05, 3.63) is 24.4 Å². The van der Waals surface area contributed by atoms with E-state index in [1.54, 1.807) is 0 Å². The molecular weight excluding hydrogens is 388 g/mol. The molecule has 5 rings (SSSR count). The van der Waals surface area contributed by atoms with Crippen LogP contribution in [0.25, 0.3) is 0 Å². The highest BCUT2D eigenvalue weighted by molar-refractivity contribution is 5.85. The van der Waals surface area contributed by atoms with Crippen molar-refractivity contribution in [2.24, 2.45) is 23.2 Å². The van der Waals surface area contributed by atoms with Crippen molar-refractivity contribution in [2.45, 2.75) is 57.8 Å². The highest BCUT2D eigenvalue weighted by atomic mass is 16.2. The van der Waals surface area contributed by atoms with Gasteiger partial charge in [0, 0.05) is 51.3 Å². The van der Waals surface area contributed by atoms with Gasteiger partial charge in [0.15, 0.2) is 0 Å². The SMILES string of the molecule is O=C(CC1CCCC1)N1CCC[C@@]2(C(=O)NCC3CC3)CN(c3ccccn3)C[C@H]2C1. The number of hydrogen-bond donors (Lipinski definition) is 1. The van der Waals surface area contributed by atoms with E-state index in [4.69, 9.17) is 0 Å². The van der Waals surface area contributed by atoms with Crippen molar-refractivity contribution in [2.75, 3.05) is 37.6 Å². The lowest BCUT2D eigenvalue weighted by Gasteiger charge is -2.32. The molecule has 168 valence electrons. The lowest BCUT2D eigenvalue weighted by Crippen LogP contribution is -2.48. The van der Waals surface area contributed by atoms with Crippen LogP contribution in [0.5, 0.6) is 0 Å². The minimum absolute atomic E-state index is 0.156. The number of aromatic nitrogens is 1. The third-order valence-corrected chi connectivity index (χ3v) is 8.15. The second kappa shape index (κ2) is 8.79. The predicted octanol–water partition coefficient (Wildman–Crippen LogP) is 3.23. The number of carbonyl (C=O) groups excluding carboxylic acids is 2. The zero-order chi connectivity index (χ0) is 21.3. The van der Waals surface area contributed by atoms with Gasteiger partial charge in [-0.2, -0.15) is 0 Å². The summed E-state index contributed by atoms with van der Waals surface area (Å²) in [4.78, 5) is 35.6. The van der Waals surface area contributed by atoms with Crippen LogP contribution in [0.1, 0.15) is 57.8 Å². The third-order valence-electron chi connectivity index (χ3n) is 8.15. The van der Waals surface area contributed by atoms with Crippen LogP contribution in [0.3, 0.4) is 0 Å². The maximum absolute atomic E-state index is 13.6. The van der Waals surface area contributed by atoms with Crippen LogP contribution in [0.4, 0.5) is 5.82 Å². The van der Waals surface area contributed by atoms with Crippen molar-refractivity contribution in [3.63, 3.8) is 0 Å².